The van der Waals surface area contributed by atoms with E-state index in [0.717, 1.165) is 70.6 Å². The Morgan fingerprint density at radius 1 is 0.552 bits per heavy atom. The van der Waals surface area contributed by atoms with E-state index in [-0.39, 0.29) is 32.0 Å². The van der Waals surface area contributed by atoms with Crippen LogP contribution in [0.3, 0.4) is 0 Å². The highest BCUT2D eigenvalue weighted by Gasteiger charge is 2.44. The van der Waals surface area contributed by atoms with Gasteiger partial charge in [0.2, 0.25) is 0 Å². The van der Waals surface area contributed by atoms with E-state index in [9.17, 15) is 30.0 Å². The van der Waals surface area contributed by atoms with Gasteiger partial charge in [-0.15, -0.1) is 0 Å². The van der Waals surface area contributed by atoms with Crippen molar-refractivity contribution in [3.05, 3.63) is 60.8 Å². The van der Waals surface area contributed by atoms with Gasteiger partial charge in [-0.2, -0.15) is 0 Å². The molecule has 1 rings (SSSR count). The lowest BCUT2D eigenvalue weighted by molar-refractivity contribution is -0.305. The molecule has 0 bridgehead atoms. The van der Waals surface area contributed by atoms with Crippen LogP contribution < -0.4 is 0 Å². The molecule has 6 atom stereocenters. The first-order valence-corrected chi connectivity index (χ1v) is 22.9. The SMILES string of the molecule is CC/C=C\C/C=C\C/C=C\C/C=C\C/C=C\CCCCCC(=O)OC(COC(=O)CCCCCCCCCCCCCCCC)COC1OC(CO)C(O)C(O)C1O. The Morgan fingerprint density at radius 2 is 1.02 bits per heavy atom. The zero-order valence-corrected chi connectivity index (χ0v) is 36.3. The number of carbonyl (C=O) groups is 2. The van der Waals surface area contributed by atoms with Gasteiger partial charge in [0.25, 0.3) is 0 Å². The van der Waals surface area contributed by atoms with Crippen LogP contribution in [0, 0.1) is 0 Å². The van der Waals surface area contributed by atoms with Crippen molar-refractivity contribution in [1.82, 2.24) is 0 Å². The third kappa shape index (κ3) is 29.6. The molecule has 58 heavy (non-hydrogen) atoms. The zero-order chi connectivity index (χ0) is 42.3. The summed E-state index contributed by atoms with van der Waals surface area (Å²) in [6, 6.07) is 0. The van der Waals surface area contributed by atoms with Gasteiger partial charge in [0.15, 0.2) is 12.4 Å². The van der Waals surface area contributed by atoms with Gasteiger partial charge in [-0.25, -0.2) is 0 Å². The van der Waals surface area contributed by atoms with E-state index in [1.54, 1.807) is 0 Å². The van der Waals surface area contributed by atoms with Crippen molar-refractivity contribution in [1.29, 1.82) is 0 Å². The van der Waals surface area contributed by atoms with Gasteiger partial charge in [-0.05, 0) is 57.8 Å². The Kier molecular flexibility index (Phi) is 35.5. The highest BCUT2D eigenvalue weighted by atomic mass is 16.7. The van der Waals surface area contributed by atoms with Gasteiger partial charge in [0, 0.05) is 12.8 Å². The summed E-state index contributed by atoms with van der Waals surface area (Å²) in [5, 5.41) is 40.1. The lowest BCUT2D eigenvalue weighted by Crippen LogP contribution is -2.59. The van der Waals surface area contributed by atoms with E-state index in [1.807, 2.05) is 0 Å². The standard InChI is InChI=1S/C48H82O10/c1-3-5-7-9-11-13-15-17-19-20-21-22-23-25-27-29-31-33-35-37-44(51)57-41(40-56-48-47(54)46(53)45(52)42(38-49)58-48)39-55-43(50)36-34-32-30-28-26-24-18-16-14-12-10-8-6-4-2/h5,7,11,13,17,19,21-22,25,27,41-42,45-49,52-54H,3-4,6,8-10,12,14-16,18,20,23-24,26,28-40H2,1-2H3/b7-5-,13-11-,19-17-,22-21-,27-25-. The number of unbranched alkanes of at least 4 members (excludes halogenated alkanes) is 16. The number of carbonyl (C=O) groups excluding carboxylic acids is 2. The second-order valence-corrected chi connectivity index (χ2v) is 15.5. The minimum atomic E-state index is -1.60. The van der Waals surface area contributed by atoms with E-state index >= 15 is 0 Å². The first-order valence-electron chi connectivity index (χ1n) is 22.9. The number of aliphatic hydroxyl groups excluding tert-OH is 4. The molecule has 10 nitrogen and oxygen atoms in total. The molecule has 4 N–H and O–H groups in total. The maximum absolute atomic E-state index is 12.8. The maximum atomic E-state index is 12.8. The zero-order valence-electron chi connectivity index (χ0n) is 36.3. The Labute approximate surface area is 351 Å². The topological polar surface area (TPSA) is 152 Å². The normalized spacial score (nSPS) is 20.7. The van der Waals surface area contributed by atoms with Crippen LogP contribution >= 0.6 is 0 Å². The molecule has 0 aromatic heterocycles. The molecular weight excluding hydrogens is 737 g/mol. The molecule has 1 saturated heterocycles. The Balaban J connectivity index is 2.36. The molecule has 334 valence electrons. The van der Waals surface area contributed by atoms with Crippen molar-refractivity contribution >= 4 is 11.9 Å². The van der Waals surface area contributed by atoms with E-state index < -0.39 is 49.4 Å². The largest absolute Gasteiger partial charge is 0.462 e. The molecule has 0 aromatic carbocycles. The van der Waals surface area contributed by atoms with Crippen LogP contribution in [0.1, 0.15) is 174 Å². The first-order chi connectivity index (χ1) is 28.3. The van der Waals surface area contributed by atoms with Crippen molar-refractivity contribution in [3.8, 4) is 0 Å². The summed E-state index contributed by atoms with van der Waals surface area (Å²) in [6.45, 7) is 3.27. The van der Waals surface area contributed by atoms with Crippen molar-refractivity contribution < 1.29 is 49.0 Å². The Morgan fingerprint density at radius 3 is 1.53 bits per heavy atom. The smallest absolute Gasteiger partial charge is 0.306 e. The first kappa shape index (κ1) is 53.4. The van der Waals surface area contributed by atoms with Crippen LogP contribution in [0.5, 0.6) is 0 Å². The third-order valence-electron chi connectivity index (χ3n) is 10.2. The summed E-state index contributed by atoms with van der Waals surface area (Å²) in [7, 11) is 0. The molecule has 1 fully saturated rings. The van der Waals surface area contributed by atoms with Crippen LogP contribution in [0.25, 0.3) is 0 Å². The predicted octanol–water partition coefficient (Wildman–Crippen LogP) is 9.83. The molecule has 1 heterocycles. The molecule has 0 aromatic rings. The summed E-state index contributed by atoms with van der Waals surface area (Å²) in [5.74, 6) is -0.844. The predicted molar refractivity (Wildman–Crippen MR) is 233 cm³/mol. The van der Waals surface area contributed by atoms with E-state index in [0.29, 0.717) is 6.42 Å². The summed E-state index contributed by atoms with van der Waals surface area (Å²) < 4.78 is 22.1. The number of allylic oxidation sites excluding steroid dienone is 10. The van der Waals surface area contributed by atoms with E-state index in [1.165, 1.54) is 70.6 Å². The number of esters is 2. The van der Waals surface area contributed by atoms with Gasteiger partial charge < -0.3 is 39.4 Å². The van der Waals surface area contributed by atoms with E-state index in [2.05, 4.69) is 74.6 Å². The minimum Gasteiger partial charge on any atom is -0.462 e. The lowest BCUT2D eigenvalue weighted by Gasteiger charge is -2.39. The quantitative estimate of drug-likeness (QED) is 0.0271. The van der Waals surface area contributed by atoms with Crippen LogP contribution in [-0.2, 0) is 28.5 Å². The van der Waals surface area contributed by atoms with Gasteiger partial charge in [0.1, 0.15) is 31.0 Å². The van der Waals surface area contributed by atoms with E-state index in [4.69, 9.17) is 18.9 Å². The molecule has 0 spiro atoms. The fourth-order valence-electron chi connectivity index (χ4n) is 6.57. The van der Waals surface area contributed by atoms with Crippen molar-refractivity contribution in [2.45, 2.75) is 211 Å². The molecule has 6 unspecified atom stereocenters. The monoisotopic (exact) mass is 819 g/mol. The van der Waals surface area contributed by atoms with Crippen molar-refractivity contribution in [3.63, 3.8) is 0 Å². The molecule has 0 amide bonds. The summed E-state index contributed by atoms with van der Waals surface area (Å²) in [4.78, 5) is 25.3. The summed E-state index contributed by atoms with van der Waals surface area (Å²) in [6.07, 6.45) is 39.4. The number of hydrogen-bond donors (Lipinski definition) is 4. The summed E-state index contributed by atoms with van der Waals surface area (Å²) >= 11 is 0. The number of rotatable bonds is 37. The minimum absolute atomic E-state index is 0.190. The second kappa shape index (κ2) is 38.6. The molecule has 0 radical (unpaired) electrons. The van der Waals surface area contributed by atoms with Crippen LogP contribution in [0.15, 0.2) is 60.8 Å². The number of aliphatic hydroxyl groups is 4. The molecule has 1 aliphatic rings. The molecule has 0 aliphatic carbocycles. The van der Waals surface area contributed by atoms with Crippen molar-refractivity contribution in [2.24, 2.45) is 0 Å². The summed E-state index contributed by atoms with van der Waals surface area (Å²) in [5.41, 5.74) is 0. The van der Waals surface area contributed by atoms with Crippen molar-refractivity contribution in [2.75, 3.05) is 19.8 Å². The fraction of sp³-hybridized carbons (Fsp3) is 0.750. The van der Waals surface area contributed by atoms with Gasteiger partial charge in [-0.3, -0.25) is 9.59 Å². The highest BCUT2D eigenvalue weighted by molar-refractivity contribution is 5.70. The third-order valence-corrected chi connectivity index (χ3v) is 10.2. The van der Waals surface area contributed by atoms with Gasteiger partial charge in [-0.1, -0.05) is 164 Å². The molecule has 1 aliphatic heterocycles. The fourth-order valence-corrected chi connectivity index (χ4v) is 6.57. The van der Waals surface area contributed by atoms with Crippen LogP contribution in [0.4, 0.5) is 0 Å². The van der Waals surface area contributed by atoms with Crippen LogP contribution in [0.2, 0.25) is 0 Å². The number of hydrogen-bond acceptors (Lipinski definition) is 10. The lowest BCUT2D eigenvalue weighted by atomic mass is 9.99. The second-order valence-electron chi connectivity index (χ2n) is 15.5. The van der Waals surface area contributed by atoms with Gasteiger partial charge >= 0.3 is 11.9 Å². The molecule has 10 heteroatoms. The maximum Gasteiger partial charge on any atom is 0.306 e. The number of ether oxygens (including phenoxy) is 4. The Bertz CT molecular complexity index is 1130. The van der Waals surface area contributed by atoms with Gasteiger partial charge in [0.05, 0.1) is 13.2 Å². The average molecular weight is 819 g/mol. The molecule has 0 saturated carbocycles. The van der Waals surface area contributed by atoms with Crippen LogP contribution in [-0.4, -0.2) is 89.0 Å². The Hall–Kier alpha value is -2.60. The average Bonchev–Trinajstić information content (AvgIpc) is 3.22. The highest BCUT2D eigenvalue weighted by Crippen LogP contribution is 2.22. The molecular formula is C48H82O10.